The number of hydrogen-bond donors (Lipinski definition) is 2. The summed E-state index contributed by atoms with van der Waals surface area (Å²) in [6.07, 6.45) is -0.342. The molecule has 0 spiro atoms. The highest BCUT2D eigenvalue weighted by molar-refractivity contribution is 7.26. The molecule has 4 heterocycles. The van der Waals surface area contributed by atoms with Crippen molar-refractivity contribution in [1.29, 1.82) is 0 Å². The van der Waals surface area contributed by atoms with E-state index in [1.165, 1.54) is 53.2 Å². The Morgan fingerprint density at radius 2 is 1.19 bits per heavy atom. The van der Waals surface area contributed by atoms with Gasteiger partial charge in [-0.25, -0.2) is 4.99 Å². The first kappa shape index (κ1) is 32.3. The van der Waals surface area contributed by atoms with E-state index in [-0.39, 0.29) is 12.3 Å². The molecular formula is C51H34N4OS. The summed E-state index contributed by atoms with van der Waals surface area (Å²) in [5.74, 6) is 0.836. The maximum absolute atomic E-state index is 6.69. The van der Waals surface area contributed by atoms with Gasteiger partial charge in [-0.2, -0.15) is 0 Å². The quantitative estimate of drug-likeness (QED) is 0.184. The molecule has 0 bridgehead atoms. The van der Waals surface area contributed by atoms with Gasteiger partial charge >= 0.3 is 0 Å². The van der Waals surface area contributed by atoms with Crippen LogP contribution < -0.4 is 10.6 Å². The summed E-state index contributed by atoms with van der Waals surface area (Å²) in [6.45, 7) is 0. The molecule has 12 rings (SSSR count). The van der Waals surface area contributed by atoms with Crippen molar-refractivity contribution >= 4 is 81.1 Å². The van der Waals surface area contributed by atoms with E-state index >= 15 is 0 Å². The van der Waals surface area contributed by atoms with E-state index in [4.69, 9.17) is 9.41 Å². The number of hydrogen-bond acceptors (Lipinski definition) is 5. The molecule has 2 atom stereocenters. The Balaban J connectivity index is 0.998. The fourth-order valence-electron chi connectivity index (χ4n) is 8.93. The first-order valence-electron chi connectivity index (χ1n) is 19.4. The third-order valence-electron chi connectivity index (χ3n) is 11.5. The minimum absolute atomic E-state index is 0.124. The lowest BCUT2D eigenvalue weighted by molar-refractivity contribution is 0.409. The standard InChI is InChI=1S/C51H34N4OS/c1-3-14-31(15-4-1)49-52-50(32-16-5-2-6-17-32)54-51(53-49)39-22-12-26-43-46(39)37-29-28-33(30-44(37)56-43)34-20-11-21-38-47-42(25-13-27-45(47)57-48(34)38)55-40-23-9-7-18-35(40)36-19-8-10-24-41(36)55/h1-30,49-50,52H,(H,53,54). The molecule has 2 unspecified atom stereocenters. The first-order chi connectivity index (χ1) is 28.3. The van der Waals surface area contributed by atoms with Gasteiger partial charge in [-0.3, -0.25) is 5.32 Å². The largest absolute Gasteiger partial charge is 0.456 e. The van der Waals surface area contributed by atoms with Crippen LogP contribution >= 0.6 is 11.3 Å². The molecule has 3 aromatic heterocycles. The van der Waals surface area contributed by atoms with Gasteiger partial charge in [0.2, 0.25) is 0 Å². The molecule has 5 nitrogen and oxygen atoms in total. The van der Waals surface area contributed by atoms with E-state index < -0.39 is 0 Å². The normalized spacial score (nSPS) is 15.9. The van der Waals surface area contributed by atoms with Crippen molar-refractivity contribution in [1.82, 2.24) is 15.2 Å². The molecule has 1 aliphatic rings. The SMILES string of the molecule is c1ccc(C2N=C(c3cccc4oc5cc(-c6cccc7c6sc6cccc(-n8c9ccccc9c9ccccc98)c67)ccc5c34)NC(c3ccccc3)N2)cc1. The van der Waals surface area contributed by atoms with E-state index in [2.05, 4.69) is 185 Å². The summed E-state index contributed by atoms with van der Waals surface area (Å²) in [5.41, 5.74) is 10.9. The van der Waals surface area contributed by atoms with Crippen molar-refractivity contribution < 1.29 is 4.42 Å². The van der Waals surface area contributed by atoms with Gasteiger partial charge in [0.1, 0.15) is 29.3 Å². The minimum Gasteiger partial charge on any atom is -0.456 e. The molecule has 2 N–H and O–H groups in total. The Hall–Kier alpha value is -6.99. The number of rotatable bonds is 5. The Labute approximate surface area is 332 Å². The third-order valence-corrected chi connectivity index (χ3v) is 12.7. The predicted octanol–water partition coefficient (Wildman–Crippen LogP) is 13.1. The van der Waals surface area contributed by atoms with Gasteiger partial charge in [-0.1, -0.05) is 140 Å². The van der Waals surface area contributed by atoms with Crippen molar-refractivity contribution in [3.05, 3.63) is 199 Å². The zero-order valence-electron chi connectivity index (χ0n) is 30.7. The van der Waals surface area contributed by atoms with Gasteiger partial charge in [0.25, 0.3) is 0 Å². The number of aromatic nitrogens is 1. The van der Waals surface area contributed by atoms with E-state index in [0.717, 1.165) is 50.0 Å². The van der Waals surface area contributed by atoms with Crippen LogP contribution in [0, 0.1) is 0 Å². The number of para-hydroxylation sites is 2. The van der Waals surface area contributed by atoms with Crippen LogP contribution in [-0.4, -0.2) is 10.4 Å². The number of amidine groups is 1. The van der Waals surface area contributed by atoms with Crippen LogP contribution in [0.3, 0.4) is 0 Å². The Kier molecular flexibility index (Phi) is 7.24. The first-order valence-corrected chi connectivity index (χ1v) is 20.2. The molecule has 0 saturated carbocycles. The lowest BCUT2D eigenvalue weighted by Gasteiger charge is -2.32. The van der Waals surface area contributed by atoms with Gasteiger partial charge in [-0.05, 0) is 64.7 Å². The van der Waals surface area contributed by atoms with Crippen LogP contribution in [0.4, 0.5) is 0 Å². The molecule has 0 amide bonds. The molecule has 1 aliphatic heterocycles. The maximum Gasteiger partial charge on any atom is 0.136 e. The highest BCUT2D eigenvalue weighted by Crippen LogP contribution is 2.45. The highest BCUT2D eigenvalue weighted by atomic mass is 32.1. The topological polar surface area (TPSA) is 54.5 Å². The van der Waals surface area contributed by atoms with Crippen LogP contribution in [0.5, 0.6) is 0 Å². The van der Waals surface area contributed by atoms with E-state index in [0.29, 0.717) is 0 Å². The molecule has 0 saturated heterocycles. The van der Waals surface area contributed by atoms with Crippen molar-refractivity contribution in [3.8, 4) is 16.8 Å². The number of nitrogens with one attached hydrogen (secondary N) is 2. The average Bonchev–Trinajstić information content (AvgIpc) is 3.96. The summed E-state index contributed by atoms with van der Waals surface area (Å²) in [7, 11) is 0. The van der Waals surface area contributed by atoms with Crippen molar-refractivity contribution in [2.24, 2.45) is 4.99 Å². The number of thiophene rings is 1. The second-order valence-corrected chi connectivity index (χ2v) is 15.8. The molecule has 57 heavy (non-hydrogen) atoms. The number of aliphatic imine (C=N–C) groups is 1. The number of nitrogens with zero attached hydrogens (tertiary/aromatic N) is 2. The lowest BCUT2D eigenvalue weighted by atomic mass is 9.99. The van der Waals surface area contributed by atoms with E-state index in [1.807, 2.05) is 23.5 Å². The van der Waals surface area contributed by atoms with Crippen molar-refractivity contribution in [3.63, 3.8) is 0 Å². The molecule has 8 aromatic carbocycles. The molecule has 6 heteroatoms. The van der Waals surface area contributed by atoms with Gasteiger partial charge in [0.15, 0.2) is 0 Å². The van der Waals surface area contributed by atoms with Crippen LogP contribution in [0.15, 0.2) is 191 Å². The number of benzene rings is 8. The minimum atomic E-state index is -0.218. The summed E-state index contributed by atoms with van der Waals surface area (Å²) in [4.78, 5) is 5.27. The zero-order chi connectivity index (χ0) is 37.5. The molecule has 0 aliphatic carbocycles. The molecule has 0 radical (unpaired) electrons. The van der Waals surface area contributed by atoms with Crippen molar-refractivity contribution in [2.45, 2.75) is 12.3 Å². The molecule has 0 fully saturated rings. The summed E-state index contributed by atoms with van der Waals surface area (Å²) < 4.78 is 11.7. The number of fused-ring (bicyclic) bond motifs is 9. The lowest BCUT2D eigenvalue weighted by Crippen LogP contribution is -2.45. The summed E-state index contributed by atoms with van der Waals surface area (Å²) in [5, 5.41) is 14.6. The van der Waals surface area contributed by atoms with Crippen LogP contribution in [0.1, 0.15) is 29.0 Å². The second kappa shape index (κ2) is 12.8. The fraction of sp³-hybridized carbons (Fsp3) is 0.0392. The Morgan fingerprint density at radius 3 is 1.98 bits per heavy atom. The highest BCUT2D eigenvalue weighted by Gasteiger charge is 2.27. The molecule has 270 valence electrons. The van der Waals surface area contributed by atoms with Gasteiger partial charge in [0.05, 0.1) is 16.7 Å². The van der Waals surface area contributed by atoms with Crippen molar-refractivity contribution in [2.75, 3.05) is 0 Å². The van der Waals surface area contributed by atoms with E-state index in [9.17, 15) is 0 Å². The Morgan fingerprint density at radius 1 is 0.526 bits per heavy atom. The zero-order valence-corrected chi connectivity index (χ0v) is 31.5. The fourth-order valence-corrected chi connectivity index (χ4v) is 10.2. The van der Waals surface area contributed by atoms with Crippen LogP contribution in [0.2, 0.25) is 0 Å². The summed E-state index contributed by atoms with van der Waals surface area (Å²) in [6, 6.07) is 64.8. The second-order valence-electron chi connectivity index (χ2n) is 14.7. The van der Waals surface area contributed by atoms with Gasteiger partial charge < -0.3 is 14.3 Å². The smallest absolute Gasteiger partial charge is 0.136 e. The van der Waals surface area contributed by atoms with Crippen LogP contribution in [-0.2, 0) is 0 Å². The molecule has 11 aromatic rings. The maximum atomic E-state index is 6.69. The predicted molar refractivity (Wildman–Crippen MR) is 238 cm³/mol. The monoisotopic (exact) mass is 750 g/mol. The van der Waals surface area contributed by atoms with Crippen LogP contribution in [0.25, 0.3) is 80.7 Å². The number of furan rings is 1. The third kappa shape index (κ3) is 5.08. The van der Waals surface area contributed by atoms with Gasteiger partial charge in [-0.15, -0.1) is 11.3 Å². The van der Waals surface area contributed by atoms with E-state index in [1.54, 1.807) is 0 Å². The summed E-state index contributed by atoms with van der Waals surface area (Å²) >= 11 is 1.86. The Bertz CT molecular complexity index is 3320. The molecular weight excluding hydrogens is 717 g/mol. The average molecular weight is 751 g/mol. The van der Waals surface area contributed by atoms with Gasteiger partial charge in [0, 0.05) is 47.3 Å².